The fourth-order valence-corrected chi connectivity index (χ4v) is 4.17. The predicted octanol–water partition coefficient (Wildman–Crippen LogP) is 3.04. The van der Waals surface area contributed by atoms with Gasteiger partial charge in [-0.3, -0.25) is 9.78 Å². The van der Waals surface area contributed by atoms with Crippen LogP contribution in [-0.2, 0) is 4.79 Å². The van der Waals surface area contributed by atoms with Gasteiger partial charge in [0.05, 0.1) is 12.6 Å². The Balaban J connectivity index is 1.48. The first-order chi connectivity index (χ1) is 16.4. The molecule has 2 aromatic rings. The molecule has 1 aliphatic rings. The van der Waals surface area contributed by atoms with Gasteiger partial charge in [0.2, 0.25) is 5.91 Å². The molecule has 9 nitrogen and oxygen atoms in total. The van der Waals surface area contributed by atoms with Gasteiger partial charge in [0.1, 0.15) is 0 Å². The zero-order chi connectivity index (χ0) is 24.5. The first-order valence-electron chi connectivity index (χ1n) is 11.0. The molecule has 3 N–H and O–H groups in total. The summed E-state index contributed by atoms with van der Waals surface area (Å²) in [6.07, 6.45) is 6.41. The Morgan fingerprint density at radius 3 is 2.62 bits per heavy atom. The van der Waals surface area contributed by atoms with Gasteiger partial charge in [-0.15, -0.1) is 16.9 Å². The van der Waals surface area contributed by atoms with Crippen molar-refractivity contribution in [3.05, 3.63) is 76.2 Å². The second-order valence-electron chi connectivity index (χ2n) is 7.87. The molecule has 180 valence electrons. The van der Waals surface area contributed by atoms with Crippen LogP contribution in [0.3, 0.4) is 0 Å². The van der Waals surface area contributed by atoms with Gasteiger partial charge < -0.3 is 15.5 Å². The SMILES string of the molecule is C=CC(=C\NC(=O)CNC(=O)N1CCC(n2nc(-c3ccccc3)[nH]c2=O)CC1)/C(C)=C/SC. The Bertz CT molecular complexity index is 1130. The number of carbonyl (C=O) groups is 2. The topological polar surface area (TPSA) is 112 Å². The van der Waals surface area contributed by atoms with Gasteiger partial charge in [0, 0.05) is 24.9 Å². The minimum absolute atomic E-state index is 0.0893. The number of H-pyrrole nitrogens is 1. The summed E-state index contributed by atoms with van der Waals surface area (Å²) in [4.78, 5) is 41.5. The molecule has 10 heteroatoms. The number of rotatable bonds is 8. The lowest BCUT2D eigenvalue weighted by molar-refractivity contribution is -0.119. The van der Waals surface area contributed by atoms with Crippen LogP contribution in [0.2, 0.25) is 0 Å². The first kappa shape index (κ1) is 25.1. The lowest BCUT2D eigenvalue weighted by Crippen LogP contribution is -2.47. The number of amides is 3. The molecule has 1 fully saturated rings. The van der Waals surface area contributed by atoms with E-state index < -0.39 is 0 Å². The van der Waals surface area contributed by atoms with Gasteiger partial charge in [0.25, 0.3) is 0 Å². The van der Waals surface area contributed by atoms with Crippen LogP contribution in [0.4, 0.5) is 4.79 Å². The maximum atomic E-state index is 12.5. The molecular weight excluding hydrogens is 452 g/mol. The minimum Gasteiger partial charge on any atom is -0.331 e. The number of hydrogen-bond acceptors (Lipinski definition) is 5. The summed E-state index contributed by atoms with van der Waals surface area (Å²) >= 11 is 1.57. The Labute approximate surface area is 203 Å². The molecular formula is C24H30N6O3S. The van der Waals surface area contributed by atoms with Gasteiger partial charge in [0.15, 0.2) is 5.82 Å². The molecule has 0 bridgehead atoms. The Morgan fingerprint density at radius 1 is 1.26 bits per heavy atom. The smallest absolute Gasteiger partial charge is 0.331 e. The monoisotopic (exact) mass is 482 g/mol. The van der Waals surface area contributed by atoms with Crippen LogP contribution in [0.15, 0.2) is 70.5 Å². The van der Waals surface area contributed by atoms with Crippen LogP contribution < -0.4 is 16.3 Å². The highest BCUT2D eigenvalue weighted by molar-refractivity contribution is 8.01. The normalized spacial score (nSPS) is 15.2. The van der Waals surface area contributed by atoms with Gasteiger partial charge in [-0.1, -0.05) is 43.0 Å². The molecule has 3 amide bonds. The number of benzene rings is 1. The maximum absolute atomic E-state index is 12.5. The molecule has 0 radical (unpaired) electrons. The average molecular weight is 483 g/mol. The molecule has 1 aromatic carbocycles. The third kappa shape index (κ3) is 6.50. The van der Waals surface area contributed by atoms with E-state index >= 15 is 0 Å². The number of urea groups is 1. The zero-order valence-electron chi connectivity index (χ0n) is 19.4. The first-order valence-corrected chi connectivity index (χ1v) is 12.3. The summed E-state index contributed by atoms with van der Waals surface area (Å²) < 4.78 is 1.47. The van der Waals surface area contributed by atoms with E-state index in [9.17, 15) is 14.4 Å². The molecule has 3 rings (SSSR count). The van der Waals surface area contributed by atoms with Gasteiger partial charge >= 0.3 is 11.7 Å². The van der Waals surface area contributed by atoms with Crippen molar-refractivity contribution < 1.29 is 9.59 Å². The Kier molecular flexibility index (Phi) is 8.92. The molecule has 0 aliphatic carbocycles. The number of piperidine rings is 1. The maximum Gasteiger partial charge on any atom is 0.343 e. The number of likely N-dealkylation sites (tertiary alicyclic amines) is 1. The van der Waals surface area contributed by atoms with Crippen molar-refractivity contribution in [2.45, 2.75) is 25.8 Å². The molecule has 0 saturated carbocycles. The van der Waals surface area contributed by atoms with Gasteiger partial charge in [-0.2, -0.15) is 0 Å². The van der Waals surface area contributed by atoms with Crippen molar-refractivity contribution in [3.8, 4) is 11.4 Å². The second-order valence-corrected chi connectivity index (χ2v) is 8.58. The number of allylic oxidation sites excluding steroid dienone is 3. The third-order valence-corrected chi connectivity index (χ3v) is 6.13. The van der Waals surface area contributed by atoms with Crippen molar-refractivity contribution >= 4 is 23.7 Å². The third-order valence-electron chi connectivity index (χ3n) is 5.54. The van der Waals surface area contributed by atoms with E-state index in [0.29, 0.717) is 31.8 Å². The van der Waals surface area contributed by atoms with E-state index in [1.807, 2.05) is 48.9 Å². The van der Waals surface area contributed by atoms with Gasteiger partial charge in [-0.25, -0.2) is 14.3 Å². The molecule has 0 spiro atoms. The predicted molar refractivity (Wildman–Crippen MR) is 135 cm³/mol. The summed E-state index contributed by atoms with van der Waals surface area (Å²) in [6, 6.07) is 9.07. The van der Waals surface area contributed by atoms with E-state index in [1.54, 1.807) is 28.9 Å². The lowest BCUT2D eigenvalue weighted by atomic mass is 10.1. The van der Waals surface area contributed by atoms with Crippen molar-refractivity contribution in [2.24, 2.45) is 0 Å². The largest absolute Gasteiger partial charge is 0.343 e. The summed E-state index contributed by atoms with van der Waals surface area (Å²) in [7, 11) is 0. The summed E-state index contributed by atoms with van der Waals surface area (Å²) in [5.41, 5.74) is 2.38. The standard InChI is InChI=1S/C24H30N6O3S/c1-4-18(17(2)16-34-3)14-25-21(31)15-26-23(32)29-12-10-20(11-13-29)30-24(33)27-22(28-30)19-8-6-5-7-9-19/h4-9,14,16,20H,1,10-13,15H2,2-3H3,(H,25,31)(H,26,32)(H,27,28,33)/b17-16+,18-14+. The number of aromatic amines is 1. The highest BCUT2D eigenvalue weighted by atomic mass is 32.2. The van der Waals surface area contributed by atoms with Gasteiger partial charge in [-0.05, 0) is 42.6 Å². The van der Waals surface area contributed by atoms with Crippen LogP contribution in [-0.4, -0.2) is 57.5 Å². The highest BCUT2D eigenvalue weighted by Gasteiger charge is 2.26. The number of thioether (sulfide) groups is 1. The van der Waals surface area contributed by atoms with E-state index in [1.165, 1.54) is 4.68 Å². The summed E-state index contributed by atoms with van der Waals surface area (Å²) in [5.74, 6) is 0.209. The summed E-state index contributed by atoms with van der Waals surface area (Å²) in [5, 5.41) is 11.7. The van der Waals surface area contributed by atoms with Crippen molar-refractivity contribution in [1.82, 2.24) is 30.3 Å². The van der Waals surface area contributed by atoms with Crippen LogP contribution in [0.5, 0.6) is 0 Å². The quantitative estimate of drug-likeness (QED) is 0.501. The molecule has 1 saturated heterocycles. The highest BCUT2D eigenvalue weighted by Crippen LogP contribution is 2.22. The molecule has 1 aliphatic heterocycles. The van der Waals surface area contributed by atoms with Crippen LogP contribution in [0.1, 0.15) is 25.8 Å². The van der Waals surface area contributed by atoms with Crippen LogP contribution in [0.25, 0.3) is 11.4 Å². The van der Waals surface area contributed by atoms with E-state index in [2.05, 4.69) is 27.3 Å². The number of carbonyl (C=O) groups excluding carboxylic acids is 2. The molecule has 0 unspecified atom stereocenters. The van der Waals surface area contributed by atoms with Crippen molar-refractivity contribution in [3.63, 3.8) is 0 Å². The zero-order valence-corrected chi connectivity index (χ0v) is 20.2. The molecule has 34 heavy (non-hydrogen) atoms. The molecule has 0 atom stereocenters. The number of aromatic nitrogens is 3. The molecule has 2 heterocycles. The van der Waals surface area contributed by atoms with Crippen molar-refractivity contribution in [1.29, 1.82) is 0 Å². The second kappa shape index (κ2) is 12.1. The molecule has 1 aromatic heterocycles. The van der Waals surface area contributed by atoms with E-state index in [0.717, 1.165) is 16.7 Å². The Hall–Kier alpha value is -3.53. The lowest BCUT2D eigenvalue weighted by Gasteiger charge is -2.31. The van der Waals surface area contributed by atoms with Crippen LogP contribution in [0, 0.1) is 0 Å². The van der Waals surface area contributed by atoms with E-state index in [-0.39, 0.29) is 30.2 Å². The minimum atomic E-state index is -0.323. The number of hydrogen-bond donors (Lipinski definition) is 3. The Morgan fingerprint density at radius 2 is 1.97 bits per heavy atom. The summed E-state index contributed by atoms with van der Waals surface area (Å²) in [6.45, 7) is 6.49. The fraction of sp³-hybridized carbons (Fsp3) is 0.333. The number of nitrogens with one attached hydrogen (secondary N) is 3. The number of nitrogens with zero attached hydrogens (tertiary/aromatic N) is 3. The van der Waals surface area contributed by atoms with E-state index in [4.69, 9.17) is 0 Å². The fourth-order valence-electron chi connectivity index (χ4n) is 3.68. The van der Waals surface area contributed by atoms with Crippen LogP contribution >= 0.6 is 11.8 Å². The van der Waals surface area contributed by atoms with Crippen molar-refractivity contribution in [2.75, 3.05) is 25.9 Å². The average Bonchev–Trinajstić information content (AvgIpc) is 3.25.